The highest BCUT2D eigenvalue weighted by Crippen LogP contribution is 2.32. The van der Waals surface area contributed by atoms with Gasteiger partial charge < -0.3 is 5.32 Å². The predicted molar refractivity (Wildman–Crippen MR) is 90.4 cm³/mol. The first kappa shape index (κ1) is 17.2. The summed E-state index contributed by atoms with van der Waals surface area (Å²) < 4.78 is 0. The van der Waals surface area contributed by atoms with Crippen molar-refractivity contribution in [3.05, 3.63) is 34.4 Å². The molecule has 0 aliphatic rings. The van der Waals surface area contributed by atoms with Crippen LogP contribution >= 0.6 is 0 Å². The van der Waals surface area contributed by atoms with Gasteiger partial charge in [-0.15, -0.1) is 0 Å². The van der Waals surface area contributed by atoms with Crippen LogP contribution in [0.5, 0.6) is 0 Å². The predicted octanol–water partition coefficient (Wildman–Crippen LogP) is 5.07. The van der Waals surface area contributed by atoms with Crippen LogP contribution in [0.4, 0.5) is 0 Å². The van der Waals surface area contributed by atoms with E-state index in [9.17, 15) is 0 Å². The molecule has 1 N–H and O–H groups in total. The van der Waals surface area contributed by atoms with Gasteiger partial charge in [0.15, 0.2) is 0 Å². The van der Waals surface area contributed by atoms with Gasteiger partial charge in [-0.1, -0.05) is 60.1 Å². The molecule has 0 bridgehead atoms. The van der Waals surface area contributed by atoms with E-state index in [4.69, 9.17) is 0 Å². The fraction of sp³-hybridized carbons (Fsp3) is 0.684. The molecule has 114 valence electrons. The van der Waals surface area contributed by atoms with Gasteiger partial charge in [0, 0.05) is 6.04 Å². The van der Waals surface area contributed by atoms with Crippen LogP contribution in [0.2, 0.25) is 0 Å². The summed E-state index contributed by atoms with van der Waals surface area (Å²) in [6.45, 7) is 14.8. The van der Waals surface area contributed by atoms with E-state index in [2.05, 4.69) is 59.0 Å². The average molecular weight is 275 g/mol. The van der Waals surface area contributed by atoms with Crippen LogP contribution < -0.4 is 5.32 Å². The summed E-state index contributed by atoms with van der Waals surface area (Å²) in [5.41, 5.74) is 6.17. The summed E-state index contributed by atoms with van der Waals surface area (Å²) in [6.07, 6.45) is 4.62. The summed E-state index contributed by atoms with van der Waals surface area (Å²) in [4.78, 5) is 0. The molecule has 1 aromatic carbocycles. The van der Waals surface area contributed by atoms with Gasteiger partial charge in [-0.25, -0.2) is 0 Å². The molecule has 0 aliphatic carbocycles. The summed E-state index contributed by atoms with van der Waals surface area (Å²) in [7, 11) is 0. The summed E-state index contributed by atoms with van der Waals surface area (Å²) in [6, 6.07) is 5.36. The number of hydrogen-bond acceptors (Lipinski definition) is 1. The molecule has 0 amide bonds. The van der Waals surface area contributed by atoms with Crippen LogP contribution in [0.15, 0.2) is 12.1 Å². The van der Waals surface area contributed by atoms with E-state index in [1.807, 2.05) is 0 Å². The zero-order valence-corrected chi connectivity index (χ0v) is 14.3. The number of nitrogens with one attached hydrogen (secondary N) is 1. The molecule has 20 heavy (non-hydrogen) atoms. The molecule has 0 radical (unpaired) electrons. The molecule has 1 heteroatoms. The maximum Gasteiger partial charge on any atom is 0.0351 e. The van der Waals surface area contributed by atoms with Gasteiger partial charge >= 0.3 is 0 Å². The van der Waals surface area contributed by atoms with Crippen LogP contribution in [0.3, 0.4) is 0 Å². The van der Waals surface area contributed by atoms with Gasteiger partial charge in [0.1, 0.15) is 0 Å². The third-order valence-electron chi connectivity index (χ3n) is 4.53. The first-order chi connectivity index (χ1) is 9.62. The van der Waals surface area contributed by atoms with E-state index >= 15 is 0 Å². The molecule has 1 aromatic rings. The lowest BCUT2D eigenvalue weighted by Crippen LogP contribution is -2.28. The minimum Gasteiger partial charge on any atom is -0.310 e. The molecule has 0 aromatic heterocycles. The third-order valence-corrected chi connectivity index (χ3v) is 4.53. The SMILES string of the molecule is CCNC(c1c(CC)cc(CC)cc1CC)C(C)CC. The van der Waals surface area contributed by atoms with Crippen LogP contribution in [-0.4, -0.2) is 6.54 Å². The fourth-order valence-corrected chi connectivity index (χ4v) is 3.08. The minimum absolute atomic E-state index is 0.501. The van der Waals surface area contributed by atoms with Gasteiger partial charge in [0.2, 0.25) is 0 Å². The van der Waals surface area contributed by atoms with Crippen LogP contribution in [0.1, 0.15) is 76.3 Å². The second-order valence-electron chi connectivity index (χ2n) is 5.81. The molecular weight excluding hydrogens is 242 g/mol. The average Bonchev–Trinajstić information content (AvgIpc) is 2.50. The Morgan fingerprint density at radius 3 is 1.80 bits per heavy atom. The fourth-order valence-electron chi connectivity index (χ4n) is 3.08. The molecule has 0 saturated carbocycles. The lowest BCUT2D eigenvalue weighted by Gasteiger charge is -2.29. The second kappa shape index (κ2) is 8.46. The first-order valence-corrected chi connectivity index (χ1v) is 8.50. The standard InChI is InChI=1S/C19H33N/c1-7-14(6)19(20-11-5)18-16(9-3)12-15(8-2)13-17(18)10-4/h12-14,19-20H,7-11H2,1-6H3. The number of hydrogen-bond donors (Lipinski definition) is 1. The molecule has 0 aliphatic heterocycles. The van der Waals surface area contributed by atoms with Crippen molar-refractivity contribution < 1.29 is 0 Å². The lowest BCUT2D eigenvalue weighted by atomic mass is 9.83. The van der Waals surface area contributed by atoms with Gasteiger partial charge in [0.05, 0.1) is 0 Å². The van der Waals surface area contributed by atoms with Gasteiger partial charge in [-0.05, 0) is 54.0 Å². The zero-order chi connectivity index (χ0) is 15.1. The van der Waals surface area contributed by atoms with E-state index in [0.29, 0.717) is 12.0 Å². The van der Waals surface area contributed by atoms with Gasteiger partial charge in [0.25, 0.3) is 0 Å². The summed E-state index contributed by atoms with van der Waals surface area (Å²) in [5, 5.41) is 3.74. The molecule has 0 spiro atoms. The van der Waals surface area contributed by atoms with E-state index in [1.165, 1.54) is 12.0 Å². The van der Waals surface area contributed by atoms with Crippen molar-refractivity contribution in [1.82, 2.24) is 5.32 Å². The first-order valence-electron chi connectivity index (χ1n) is 8.50. The Labute approximate surface area is 126 Å². The summed E-state index contributed by atoms with van der Waals surface area (Å²) >= 11 is 0. The number of rotatable bonds is 8. The molecule has 0 fully saturated rings. The molecule has 2 unspecified atom stereocenters. The zero-order valence-electron chi connectivity index (χ0n) is 14.3. The lowest BCUT2D eigenvalue weighted by molar-refractivity contribution is 0.380. The maximum atomic E-state index is 3.74. The van der Waals surface area contributed by atoms with Crippen molar-refractivity contribution in [3.63, 3.8) is 0 Å². The van der Waals surface area contributed by atoms with Crippen LogP contribution in [0.25, 0.3) is 0 Å². The Hall–Kier alpha value is -0.820. The molecule has 2 atom stereocenters. The van der Waals surface area contributed by atoms with Gasteiger partial charge in [-0.3, -0.25) is 0 Å². The van der Waals surface area contributed by atoms with E-state index < -0.39 is 0 Å². The smallest absolute Gasteiger partial charge is 0.0351 e. The molecular formula is C19H33N. The normalized spacial score (nSPS) is 14.3. The highest BCUT2D eigenvalue weighted by atomic mass is 14.9. The Kier molecular flexibility index (Phi) is 7.29. The van der Waals surface area contributed by atoms with E-state index in [1.54, 1.807) is 16.7 Å². The number of aryl methyl sites for hydroxylation is 3. The van der Waals surface area contributed by atoms with Crippen molar-refractivity contribution in [2.24, 2.45) is 5.92 Å². The molecule has 0 saturated heterocycles. The monoisotopic (exact) mass is 275 g/mol. The third kappa shape index (κ3) is 3.85. The molecule has 1 rings (SSSR count). The second-order valence-corrected chi connectivity index (χ2v) is 5.81. The Balaban J connectivity index is 3.37. The quantitative estimate of drug-likeness (QED) is 0.698. The van der Waals surface area contributed by atoms with Gasteiger partial charge in [-0.2, -0.15) is 0 Å². The minimum atomic E-state index is 0.501. The van der Waals surface area contributed by atoms with Crippen molar-refractivity contribution in [2.45, 2.75) is 73.3 Å². The van der Waals surface area contributed by atoms with Crippen molar-refractivity contribution >= 4 is 0 Å². The van der Waals surface area contributed by atoms with Crippen LogP contribution in [-0.2, 0) is 19.3 Å². The Morgan fingerprint density at radius 2 is 1.45 bits per heavy atom. The largest absolute Gasteiger partial charge is 0.310 e. The van der Waals surface area contributed by atoms with Crippen molar-refractivity contribution in [3.8, 4) is 0 Å². The maximum absolute atomic E-state index is 3.74. The highest BCUT2D eigenvalue weighted by molar-refractivity contribution is 5.42. The topological polar surface area (TPSA) is 12.0 Å². The number of benzene rings is 1. The summed E-state index contributed by atoms with van der Waals surface area (Å²) in [5.74, 6) is 0.679. The van der Waals surface area contributed by atoms with Crippen LogP contribution in [0, 0.1) is 5.92 Å². The molecule has 0 heterocycles. The van der Waals surface area contributed by atoms with E-state index in [0.717, 1.165) is 25.8 Å². The highest BCUT2D eigenvalue weighted by Gasteiger charge is 2.22. The van der Waals surface area contributed by atoms with Crippen molar-refractivity contribution in [2.75, 3.05) is 6.54 Å². The molecule has 1 nitrogen and oxygen atoms in total. The Bertz CT molecular complexity index is 383. The van der Waals surface area contributed by atoms with E-state index in [-0.39, 0.29) is 0 Å². The Morgan fingerprint density at radius 1 is 0.900 bits per heavy atom. The van der Waals surface area contributed by atoms with Crippen molar-refractivity contribution in [1.29, 1.82) is 0 Å².